The Hall–Kier alpha value is -3.34. The largest absolute Gasteiger partial charge is 0.493 e. The maximum atomic E-state index is 12.4. The Balaban J connectivity index is 2.16. The van der Waals surface area contributed by atoms with Gasteiger partial charge < -0.3 is 14.2 Å². The van der Waals surface area contributed by atoms with Gasteiger partial charge in [0.1, 0.15) is 0 Å². The maximum Gasteiger partial charge on any atom is 0.340 e. The molecular weight excluding hydrogens is 342 g/mol. The van der Waals surface area contributed by atoms with E-state index in [1.165, 1.54) is 0 Å². The van der Waals surface area contributed by atoms with E-state index in [0.29, 0.717) is 29.4 Å². The highest BCUT2D eigenvalue weighted by atomic mass is 16.5. The molecule has 0 unspecified atom stereocenters. The molecule has 0 bridgehead atoms. The van der Waals surface area contributed by atoms with E-state index in [4.69, 9.17) is 19.2 Å². The molecule has 138 valence electrons. The van der Waals surface area contributed by atoms with Gasteiger partial charge in [-0.3, -0.25) is 0 Å². The molecule has 0 saturated heterocycles. The number of carbonyl (C=O) groups is 1. The first kappa shape index (κ1) is 18.5. The minimum atomic E-state index is -0.408. The van der Waals surface area contributed by atoms with Crippen molar-refractivity contribution in [2.24, 2.45) is 0 Å². The fourth-order valence-corrected chi connectivity index (χ4v) is 2.81. The predicted octanol–water partition coefficient (Wildman–Crippen LogP) is 4.61. The number of esters is 1. The van der Waals surface area contributed by atoms with Crippen molar-refractivity contribution in [3.63, 3.8) is 0 Å². The quantitative estimate of drug-likeness (QED) is 0.599. The Bertz CT molecular complexity index is 938. The summed E-state index contributed by atoms with van der Waals surface area (Å²) < 4.78 is 15.9. The number of aromatic nitrogens is 1. The van der Waals surface area contributed by atoms with Crippen molar-refractivity contribution in [2.45, 2.75) is 6.92 Å². The second kappa shape index (κ2) is 8.36. The first-order valence-electron chi connectivity index (χ1n) is 8.64. The Labute approximate surface area is 158 Å². The van der Waals surface area contributed by atoms with Gasteiger partial charge in [0.15, 0.2) is 11.5 Å². The number of pyridine rings is 1. The molecule has 27 heavy (non-hydrogen) atoms. The summed E-state index contributed by atoms with van der Waals surface area (Å²) >= 11 is 0. The number of benzene rings is 2. The van der Waals surface area contributed by atoms with E-state index < -0.39 is 5.97 Å². The standard InChI is InChI=1S/C22H21NO4/c1-4-27-22(24)17-11-12-18(15-8-6-5-7-9-15)23-21(17)16-10-13-19(25-2)20(14-16)26-3/h5-14H,4H2,1-3H3. The minimum absolute atomic E-state index is 0.296. The molecule has 0 spiro atoms. The highest BCUT2D eigenvalue weighted by Gasteiger charge is 2.18. The summed E-state index contributed by atoms with van der Waals surface area (Å²) in [5.41, 5.74) is 3.43. The molecule has 5 heteroatoms. The van der Waals surface area contributed by atoms with Gasteiger partial charge in [0.25, 0.3) is 0 Å². The van der Waals surface area contributed by atoms with Gasteiger partial charge in [-0.15, -0.1) is 0 Å². The zero-order valence-electron chi connectivity index (χ0n) is 15.6. The molecule has 0 aliphatic carbocycles. The monoisotopic (exact) mass is 363 g/mol. The number of methoxy groups -OCH3 is 2. The van der Waals surface area contributed by atoms with Crippen LogP contribution >= 0.6 is 0 Å². The Kier molecular flexibility index (Phi) is 5.71. The average molecular weight is 363 g/mol. The average Bonchev–Trinajstić information content (AvgIpc) is 2.73. The van der Waals surface area contributed by atoms with Gasteiger partial charge >= 0.3 is 5.97 Å². The molecule has 5 nitrogen and oxygen atoms in total. The lowest BCUT2D eigenvalue weighted by molar-refractivity contribution is 0.0527. The number of ether oxygens (including phenoxy) is 3. The van der Waals surface area contributed by atoms with Crippen LogP contribution in [0.5, 0.6) is 11.5 Å². The van der Waals surface area contributed by atoms with Crippen molar-refractivity contribution in [1.82, 2.24) is 4.98 Å². The third-order valence-electron chi connectivity index (χ3n) is 4.12. The van der Waals surface area contributed by atoms with E-state index in [-0.39, 0.29) is 0 Å². The minimum Gasteiger partial charge on any atom is -0.493 e. The van der Waals surface area contributed by atoms with Crippen molar-refractivity contribution in [3.8, 4) is 34.0 Å². The third-order valence-corrected chi connectivity index (χ3v) is 4.12. The van der Waals surface area contributed by atoms with Crippen molar-refractivity contribution in [1.29, 1.82) is 0 Å². The number of hydrogen-bond acceptors (Lipinski definition) is 5. The smallest absolute Gasteiger partial charge is 0.340 e. The molecule has 0 aliphatic heterocycles. The van der Waals surface area contributed by atoms with Gasteiger partial charge in [0, 0.05) is 11.1 Å². The second-order valence-corrected chi connectivity index (χ2v) is 5.75. The molecule has 0 amide bonds. The molecule has 0 saturated carbocycles. The molecule has 0 radical (unpaired) electrons. The van der Waals surface area contributed by atoms with Crippen LogP contribution in [-0.2, 0) is 4.74 Å². The number of nitrogens with zero attached hydrogens (tertiary/aromatic N) is 1. The summed E-state index contributed by atoms with van der Waals surface area (Å²) in [6.07, 6.45) is 0. The van der Waals surface area contributed by atoms with E-state index in [0.717, 1.165) is 16.8 Å². The zero-order chi connectivity index (χ0) is 19.2. The molecule has 0 aliphatic rings. The van der Waals surface area contributed by atoms with Crippen molar-refractivity contribution < 1.29 is 19.0 Å². The lowest BCUT2D eigenvalue weighted by Gasteiger charge is -2.13. The Morgan fingerprint density at radius 3 is 2.30 bits per heavy atom. The van der Waals surface area contributed by atoms with E-state index in [9.17, 15) is 4.79 Å². The van der Waals surface area contributed by atoms with Gasteiger partial charge in [-0.25, -0.2) is 9.78 Å². The number of carbonyl (C=O) groups excluding carboxylic acids is 1. The van der Waals surface area contributed by atoms with Crippen LogP contribution in [0.3, 0.4) is 0 Å². The van der Waals surface area contributed by atoms with Crippen LogP contribution in [0.4, 0.5) is 0 Å². The molecule has 3 aromatic rings. The first-order valence-corrected chi connectivity index (χ1v) is 8.64. The van der Waals surface area contributed by atoms with E-state index in [1.807, 2.05) is 42.5 Å². The van der Waals surface area contributed by atoms with Gasteiger partial charge in [-0.2, -0.15) is 0 Å². The van der Waals surface area contributed by atoms with Gasteiger partial charge in [0.2, 0.25) is 0 Å². The summed E-state index contributed by atoms with van der Waals surface area (Å²) in [5.74, 6) is 0.768. The highest BCUT2D eigenvalue weighted by molar-refractivity contribution is 5.97. The first-order chi connectivity index (χ1) is 13.2. The zero-order valence-corrected chi connectivity index (χ0v) is 15.6. The van der Waals surface area contributed by atoms with Gasteiger partial charge in [-0.05, 0) is 37.3 Å². The highest BCUT2D eigenvalue weighted by Crippen LogP contribution is 2.34. The summed E-state index contributed by atoms with van der Waals surface area (Å²) in [6.45, 7) is 2.07. The predicted molar refractivity (Wildman–Crippen MR) is 104 cm³/mol. The van der Waals surface area contributed by atoms with Crippen molar-refractivity contribution >= 4 is 5.97 Å². The molecule has 0 atom stereocenters. The van der Waals surface area contributed by atoms with Crippen molar-refractivity contribution in [2.75, 3.05) is 20.8 Å². The lowest BCUT2D eigenvalue weighted by Crippen LogP contribution is -2.08. The lowest BCUT2D eigenvalue weighted by atomic mass is 10.0. The topological polar surface area (TPSA) is 57.7 Å². The second-order valence-electron chi connectivity index (χ2n) is 5.75. The number of hydrogen-bond donors (Lipinski definition) is 0. The Morgan fingerprint density at radius 1 is 0.889 bits per heavy atom. The van der Waals surface area contributed by atoms with Crippen LogP contribution in [0.15, 0.2) is 60.7 Å². The van der Waals surface area contributed by atoms with Gasteiger partial charge in [0.05, 0.1) is 37.8 Å². The van der Waals surface area contributed by atoms with Crippen molar-refractivity contribution in [3.05, 3.63) is 66.2 Å². The molecule has 0 fully saturated rings. The molecular formula is C22H21NO4. The van der Waals surface area contributed by atoms with Crippen LogP contribution in [0.2, 0.25) is 0 Å². The Morgan fingerprint density at radius 2 is 1.63 bits per heavy atom. The summed E-state index contributed by atoms with van der Waals surface area (Å²) in [5, 5.41) is 0. The fraction of sp³-hybridized carbons (Fsp3) is 0.182. The molecule has 1 heterocycles. The molecule has 2 aromatic carbocycles. The van der Waals surface area contributed by atoms with E-state index in [2.05, 4.69) is 0 Å². The third kappa shape index (κ3) is 3.92. The number of rotatable bonds is 6. The van der Waals surface area contributed by atoms with E-state index in [1.54, 1.807) is 39.3 Å². The van der Waals surface area contributed by atoms with E-state index >= 15 is 0 Å². The van der Waals surface area contributed by atoms with Crippen LogP contribution in [0, 0.1) is 0 Å². The summed E-state index contributed by atoms with van der Waals surface area (Å²) in [7, 11) is 3.15. The van der Waals surface area contributed by atoms with Crippen LogP contribution in [0.25, 0.3) is 22.5 Å². The molecule has 0 N–H and O–H groups in total. The maximum absolute atomic E-state index is 12.4. The van der Waals surface area contributed by atoms with Crippen LogP contribution < -0.4 is 9.47 Å². The SMILES string of the molecule is CCOC(=O)c1ccc(-c2ccccc2)nc1-c1ccc(OC)c(OC)c1. The van der Waals surface area contributed by atoms with Crippen LogP contribution in [-0.4, -0.2) is 31.8 Å². The molecule has 3 rings (SSSR count). The molecule has 1 aromatic heterocycles. The summed E-state index contributed by atoms with van der Waals surface area (Å²) in [4.78, 5) is 17.2. The van der Waals surface area contributed by atoms with Gasteiger partial charge in [-0.1, -0.05) is 30.3 Å². The summed E-state index contributed by atoms with van der Waals surface area (Å²) in [6, 6.07) is 18.8. The fourth-order valence-electron chi connectivity index (χ4n) is 2.81. The normalized spacial score (nSPS) is 10.3. The van der Waals surface area contributed by atoms with Crippen LogP contribution in [0.1, 0.15) is 17.3 Å².